The number of imidazole rings is 1. The van der Waals surface area contributed by atoms with Crippen molar-refractivity contribution in [3.8, 4) is 22.5 Å². The van der Waals surface area contributed by atoms with Crippen molar-refractivity contribution in [2.75, 3.05) is 0 Å². The lowest BCUT2D eigenvalue weighted by atomic mass is 9.94. The number of aromatic nitrogens is 2. The van der Waals surface area contributed by atoms with Crippen molar-refractivity contribution in [1.29, 1.82) is 0 Å². The third-order valence-corrected chi connectivity index (χ3v) is 5.54. The maximum Gasteiger partial charge on any atom is 0.141 e. The van der Waals surface area contributed by atoms with Crippen molar-refractivity contribution in [3.63, 3.8) is 0 Å². The molecule has 3 aromatic carbocycles. The number of hydrogen-bond acceptors (Lipinski definition) is 3. The highest BCUT2D eigenvalue weighted by atomic mass is 32.2. The van der Waals surface area contributed by atoms with Crippen LogP contribution in [-0.2, 0) is 6.54 Å². The minimum Gasteiger partial charge on any atom is -0.324 e. The standard InChI is InChI=1S/C23H23N3S/c1-4-26-22-12-10-17(27-24)14-21(22)25-23(26)20-8-6-5-7-19(20)18-11-9-15(2)13-16(18)3/h5-14H,4,24H2,1-3H3. The molecule has 0 aliphatic heterocycles. The van der Waals surface area contributed by atoms with Gasteiger partial charge in [0, 0.05) is 17.0 Å². The number of rotatable bonds is 4. The van der Waals surface area contributed by atoms with Crippen LogP contribution in [0.5, 0.6) is 0 Å². The van der Waals surface area contributed by atoms with Crippen LogP contribution in [0.3, 0.4) is 0 Å². The minimum atomic E-state index is 0.863. The van der Waals surface area contributed by atoms with Crippen LogP contribution in [0, 0.1) is 13.8 Å². The lowest BCUT2D eigenvalue weighted by Gasteiger charge is -2.14. The van der Waals surface area contributed by atoms with E-state index in [1.807, 2.05) is 0 Å². The van der Waals surface area contributed by atoms with Crippen molar-refractivity contribution in [3.05, 3.63) is 71.8 Å². The van der Waals surface area contributed by atoms with Gasteiger partial charge in [-0.1, -0.05) is 48.0 Å². The summed E-state index contributed by atoms with van der Waals surface area (Å²) in [7, 11) is 0. The molecule has 0 aliphatic rings. The third kappa shape index (κ3) is 3.15. The first kappa shape index (κ1) is 17.8. The zero-order valence-corrected chi connectivity index (χ0v) is 16.7. The molecule has 0 bridgehead atoms. The highest BCUT2D eigenvalue weighted by Crippen LogP contribution is 2.35. The first-order valence-electron chi connectivity index (χ1n) is 9.16. The Hall–Kier alpha value is -2.56. The summed E-state index contributed by atoms with van der Waals surface area (Å²) in [4.78, 5) is 6.02. The van der Waals surface area contributed by atoms with E-state index in [1.54, 1.807) is 0 Å². The van der Waals surface area contributed by atoms with Crippen molar-refractivity contribution in [1.82, 2.24) is 9.55 Å². The number of hydrogen-bond donors (Lipinski definition) is 1. The lowest BCUT2D eigenvalue weighted by molar-refractivity contribution is 0.796. The molecule has 0 amide bonds. The molecule has 1 heterocycles. The van der Waals surface area contributed by atoms with Crippen LogP contribution < -0.4 is 5.14 Å². The average Bonchev–Trinajstić information content (AvgIpc) is 3.05. The maximum absolute atomic E-state index is 5.74. The van der Waals surface area contributed by atoms with Gasteiger partial charge >= 0.3 is 0 Å². The van der Waals surface area contributed by atoms with Gasteiger partial charge < -0.3 is 4.57 Å². The molecule has 4 rings (SSSR count). The summed E-state index contributed by atoms with van der Waals surface area (Å²) in [5.74, 6) is 1.00. The molecule has 1 aromatic heterocycles. The van der Waals surface area contributed by atoms with Crippen LogP contribution in [0.15, 0.2) is 65.6 Å². The smallest absolute Gasteiger partial charge is 0.141 e. The van der Waals surface area contributed by atoms with Gasteiger partial charge in [-0.3, -0.25) is 5.14 Å². The Labute approximate surface area is 164 Å². The van der Waals surface area contributed by atoms with Crippen molar-refractivity contribution in [2.24, 2.45) is 5.14 Å². The largest absolute Gasteiger partial charge is 0.324 e. The van der Waals surface area contributed by atoms with E-state index in [0.717, 1.165) is 33.9 Å². The predicted octanol–water partition coefficient (Wildman–Crippen LogP) is 5.97. The molecule has 2 N–H and O–H groups in total. The molecule has 3 nitrogen and oxygen atoms in total. The van der Waals surface area contributed by atoms with Gasteiger partial charge in [0.2, 0.25) is 0 Å². The van der Waals surface area contributed by atoms with E-state index in [0.29, 0.717) is 0 Å². The first-order valence-corrected chi connectivity index (χ1v) is 10.0. The molecule has 4 heteroatoms. The summed E-state index contributed by atoms with van der Waals surface area (Å²) in [6, 6.07) is 21.4. The van der Waals surface area contributed by atoms with Gasteiger partial charge in [0.25, 0.3) is 0 Å². The summed E-state index contributed by atoms with van der Waals surface area (Å²) < 4.78 is 2.28. The lowest BCUT2D eigenvalue weighted by Crippen LogP contribution is -1.99. The van der Waals surface area contributed by atoms with Gasteiger partial charge in [0.05, 0.1) is 11.0 Å². The number of nitrogens with two attached hydrogens (primary N) is 1. The summed E-state index contributed by atoms with van der Waals surface area (Å²) >= 11 is 1.26. The molecule has 4 aromatic rings. The van der Waals surface area contributed by atoms with E-state index in [2.05, 4.69) is 86.0 Å². The molecule has 0 unspecified atom stereocenters. The van der Waals surface area contributed by atoms with Crippen LogP contribution in [0.1, 0.15) is 18.1 Å². The Balaban J connectivity index is 1.97. The zero-order chi connectivity index (χ0) is 19.0. The molecular weight excluding hydrogens is 350 g/mol. The molecule has 0 radical (unpaired) electrons. The summed E-state index contributed by atoms with van der Waals surface area (Å²) in [6.45, 7) is 7.33. The molecule has 0 saturated heterocycles. The van der Waals surface area contributed by atoms with E-state index in [-0.39, 0.29) is 0 Å². The van der Waals surface area contributed by atoms with E-state index in [4.69, 9.17) is 10.1 Å². The van der Waals surface area contributed by atoms with Gasteiger partial charge in [0.15, 0.2) is 0 Å². The fourth-order valence-electron chi connectivity index (χ4n) is 3.74. The topological polar surface area (TPSA) is 43.8 Å². The van der Waals surface area contributed by atoms with Crippen LogP contribution in [0.25, 0.3) is 33.5 Å². The number of aryl methyl sites for hydroxylation is 3. The Morgan fingerprint density at radius 1 is 0.926 bits per heavy atom. The van der Waals surface area contributed by atoms with Gasteiger partial charge in [-0.15, -0.1) is 0 Å². The first-order chi connectivity index (χ1) is 13.1. The zero-order valence-electron chi connectivity index (χ0n) is 15.9. The Morgan fingerprint density at radius 2 is 1.70 bits per heavy atom. The SMILES string of the molecule is CCn1c(-c2ccccc2-c2ccc(C)cc2C)nc2cc(SN)ccc21. The minimum absolute atomic E-state index is 0.863. The molecule has 0 atom stereocenters. The second-order valence-corrected chi connectivity index (χ2v) is 7.52. The third-order valence-electron chi connectivity index (χ3n) is 5.01. The van der Waals surface area contributed by atoms with E-state index in [1.165, 1.54) is 34.2 Å². The van der Waals surface area contributed by atoms with E-state index >= 15 is 0 Å². The average molecular weight is 374 g/mol. The fraction of sp³-hybridized carbons (Fsp3) is 0.174. The Bertz CT molecular complexity index is 1130. The van der Waals surface area contributed by atoms with E-state index in [9.17, 15) is 0 Å². The molecule has 27 heavy (non-hydrogen) atoms. The maximum atomic E-state index is 5.74. The quantitative estimate of drug-likeness (QED) is 0.448. The highest BCUT2D eigenvalue weighted by molar-refractivity contribution is 7.97. The molecule has 0 saturated carbocycles. The van der Waals surface area contributed by atoms with Gasteiger partial charge in [-0.05, 0) is 67.6 Å². The number of fused-ring (bicyclic) bond motifs is 1. The van der Waals surface area contributed by atoms with E-state index < -0.39 is 0 Å². The Morgan fingerprint density at radius 3 is 2.41 bits per heavy atom. The van der Waals surface area contributed by atoms with Crippen LogP contribution in [-0.4, -0.2) is 9.55 Å². The van der Waals surface area contributed by atoms with Crippen molar-refractivity contribution >= 4 is 23.0 Å². The molecule has 0 fully saturated rings. The monoisotopic (exact) mass is 373 g/mol. The molecule has 0 aliphatic carbocycles. The van der Waals surface area contributed by atoms with Crippen molar-refractivity contribution < 1.29 is 0 Å². The summed E-state index contributed by atoms with van der Waals surface area (Å²) in [5.41, 5.74) is 8.31. The highest BCUT2D eigenvalue weighted by Gasteiger charge is 2.16. The van der Waals surface area contributed by atoms with Crippen molar-refractivity contribution in [2.45, 2.75) is 32.2 Å². The Kier molecular flexibility index (Phi) is 4.77. The van der Waals surface area contributed by atoms with Gasteiger partial charge in [-0.25, -0.2) is 4.98 Å². The molecule has 0 spiro atoms. The second kappa shape index (κ2) is 7.22. The van der Waals surface area contributed by atoms with Crippen LogP contribution in [0.4, 0.5) is 0 Å². The van der Waals surface area contributed by atoms with Crippen LogP contribution in [0.2, 0.25) is 0 Å². The number of nitrogens with zero attached hydrogens (tertiary/aromatic N) is 2. The normalized spacial score (nSPS) is 11.3. The summed E-state index contributed by atoms with van der Waals surface area (Å²) in [5, 5.41) is 5.74. The number of benzene rings is 3. The summed E-state index contributed by atoms with van der Waals surface area (Å²) in [6.07, 6.45) is 0. The van der Waals surface area contributed by atoms with Crippen LogP contribution >= 0.6 is 11.9 Å². The fourth-order valence-corrected chi connectivity index (χ4v) is 4.06. The molecular formula is C23H23N3S. The molecule has 136 valence electrons. The van der Waals surface area contributed by atoms with Gasteiger partial charge in [0.1, 0.15) is 5.82 Å². The predicted molar refractivity (Wildman–Crippen MR) is 116 cm³/mol. The van der Waals surface area contributed by atoms with Gasteiger partial charge in [-0.2, -0.15) is 0 Å². The second-order valence-electron chi connectivity index (χ2n) is 6.81.